The number of hydrogen-bond acceptors (Lipinski definition) is 6. The molecular formula is C22H22FN3O3S. The second kappa shape index (κ2) is 7.85. The first-order valence-electron chi connectivity index (χ1n) is 10.0. The number of likely N-dealkylation sites (tertiary alicyclic amines) is 2. The molecule has 2 atom stereocenters. The molecule has 0 radical (unpaired) electrons. The number of aromatic nitrogens is 1. The summed E-state index contributed by atoms with van der Waals surface area (Å²) in [5.41, 5.74) is 0.594. The first-order chi connectivity index (χ1) is 14.6. The third-order valence-corrected chi connectivity index (χ3v) is 6.74. The Morgan fingerprint density at radius 1 is 1.17 bits per heavy atom. The van der Waals surface area contributed by atoms with Gasteiger partial charge in [-0.2, -0.15) is 0 Å². The lowest BCUT2D eigenvalue weighted by molar-refractivity contribution is -0.131. The number of rotatable bonds is 6. The largest absolute Gasteiger partial charge is 0.492 e. The van der Waals surface area contributed by atoms with E-state index in [1.165, 1.54) is 17.4 Å². The second-order valence-corrected chi connectivity index (χ2v) is 8.66. The molecule has 0 spiro atoms. The topological polar surface area (TPSA) is 54.9 Å². The summed E-state index contributed by atoms with van der Waals surface area (Å²) < 4.78 is 25.9. The van der Waals surface area contributed by atoms with E-state index < -0.39 is 0 Å². The summed E-state index contributed by atoms with van der Waals surface area (Å²) >= 11 is 1.19. The fraction of sp³-hybridized carbons (Fsp3) is 0.364. The highest BCUT2D eigenvalue weighted by molar-refractivity contribution is 7.20. The number of ether oxygens (including phenoxy) is 2. The molecule has 1 unspecified atom stereocenters. The maximum atomic E-state index is 13.8. The molecule has 0 aliphatic carbocycles. The smallest absolute Gasteiger partial charge is 0.279 e. The van der Waals surface area contributed by atoms with Crippen molar-refractivity contribution in [2.24, 2.45) is 0 Å². The summed E-state index contributed by atoms with van der Waals surface area (Å²) in [5.74, 6) is 1.29. The molecular weight excluding hydrogens is 405 g/mol. The maximum Gasteiger partial charge on any atom is 0.279 e. The van der Waals surface area contributed by atoms with E-state index in [1.807, 2.05) is 29.2 Å². The van der Waals surface area contributed by atoms with Gasteiger partial charge in [0.2, 0.25) is 5.91 Å². The summed E-state index contributed by atoms with van der Waals surface area (Å²) in [4.78, 5) is 20.3. The summed E-state index contributed by atoms with van der Waals surface area (Å²) in [6.45, 7) is 4.87. The van der Waals surface area contributed by atoms with Gasteiger partial charge < -0.3 is 14.4 Å². The van der Waals surface area contributed by atoms with Crippen LogP contribution >= 0.6 is 11.3 Å². The van der Waals surface area contributed by atoms with E-state index in [9.17, 15) is 9.18 Å². The third-order valence-electron chi connectivity index (χ3n) is 5.78. The monoisotopic (exact) mass is 427 g/mol. The fourth-order valence-corrected chi connectivity index (χ4v) is 5.17. The number of carbonyl (C=O) groups excluding carboxylic acids is 1. The van der Waals surface area contributed by atoms with Crippen LogP contribution in [0.3, 0.4) is 0 Å². The lowest BCUT2D eigenvalue weighted by Gasteiger charge is -2.33. The molecule has 1 aromatic heterocycles. The highest BCUT2D eigenvalue weighted by Crippen LogP contribution is 2.33. The molecule has 5 rings (SSSR count). The molecule has 3 heterocycles. The Kier molecular flexibility index (Phi) is 5.04. The molecule has 2 fully saturated rings. The fourth-order valence-electron chi connectivity index (χ4n) is 4.33. The van der Waals surface area contributed by atoms with Gasteiger partial charge in [-0.05, 0) is 42.8 Å². The van der Waals surface area contributed by atoms with Gasteiger partial charge in [0.25, 0.3) is 5.19 Å². The standard InChI is InChI=1S/C22H22FN3O3S/c1-14(27)26-13-15-11-16(26)12-25(15)9-10-28-17-5-7-18(8-6-17)29-22-24-20-4-2-3-19(23)21(20)30-22/h2-8,15-16H,9-13H2,1H3/t15?,16-/m1/s1. The number of fused-ring (bicyclic) bond motifs is 3. The minimum atomic E-state index is -0.288. The number of carbonyl (C=O) groups is 1. The van der Waals surface area contributed by atoms with Gasteiger partial charge in [-0.3, -0.25) is 9.69 Å². The first kappa shape index (κ1) is 19.3. The van der Waals surface area contributed by atoms with Gasteiger partial charge in [0.05, 0.1) is 10.2 Å². The minimum Gasteiger partial charge on any atom is -0.492 e. The van der Waals surface area contributed by atoms with E-state index in [2.05, 4.69) is 9.88 Å². The van der Waals surface area contributed by atoms with E-state index in [0.717, 1.165) is 31.8 Å². The average molecular weight is 428 g/mol. The van der Waals surface area contributed by atoms with Gasteiger partial charge in [0.15, 0.2) is 0 Å². The predicted molar refractivity (Wildman–Crippen MR) is 113 cm³/mol. The van der Waals surface area contributed by atoms with Crippen molar-refractivity contribution in [1.82, 2.24) is 14.8 Å². The van der Waals surface area contributed by atoms with Gasteiger partial charge in [-0.15, -0.1) is 0 Å². The van der Waals surface area contributed by atoms with Crippen molar-refractivity contribution in [2.45, 2.75) is 25.4 Å². The number of halogens is 1. The van der Waals surface area contributed by atoms with E-state index in [-0.39, 0.29) is 11.7 Å². The zero-order valence-electron chi connectivity index (χ0n) is 16.6. The number of amides is 1. The molecule has 2 saturated heterocycles. The van der Waals surface area contributed by atoms with Crippen LogP contribution in [0.25, 0.3) is 10.2 Å². The number of benzene rings is 2. The Bertz CT molecular complexity index is 1070. The molecule has 0 saturated carbocycles. The van der Waals surface area contributed by atoms with Crippen LogP contribution in [0.2, 0.25) is 0 Å². The summed E-state index contributed by atoms with van der Waals surface area (Å²) in [5, 5.41) is 0.410. The molecule has 0 N–H and O–H groups in total. The third kappa shape index (κ3) is 3.73. The van der Waals surface area contributed by atoms with E-state index >= 15 is 0 Å². The number of thiazole rings is 1. The van der Waals surface area contributed by atoms with Crippen molar-refractivity contribution in [3.05, 3.63) is 48.3 Å². The van der Waals surface area contributed by atoms with Crippen LogP contribution in [-0.4, -0.2) is 59.0 Å². The SMILES string of the molecule is CC(=O)N1CC2C[C@@H]1CN2CCOc1ccc(Oc2nc3cccc(F)c3s2)cc1. The van der Waals surface area contributed by atoms with Gasteiger partial charge in [0.1, 0.15) is 23.9 Å². The number of piperazine rings is 1. The lowest BCUT2D eigenvalue weighted by atomic mass is 10.2. The predicted octanol–water partition coefficient (Wildman–Crippen LogP) is 3.91. The zero-order chi connectivity index (χ0) is 20.7. The van der Waals surface area contributed by atoms with Crippen LogP contribution in [0, 0.1) is 5.82 Å². The molecule has 8 heteroatoms. The summed E-state index contributed by atoms with van der Waals surface area (Å²) in [6, 6.07) is 13.0. The summed E-state index contributed by atoms with van der Waals surface area (Å²) in [6.07, 6.45) is 1.07. The van der Waals surface area contributed by atoms with Gasteiger partial charge in [-0.25, -0.2) is 9.37 Å². The van der Waals surface area contributed by atoms with Crippen LogP contribution in [0.15, 0.2) is 42.5 Å². The Labute approximate surface area is 177 Å². The quantitative estimate of drug-likeness (QED) is 0.597. The van der Waals surface area contributed by atoms with Crippen molar-refractivity contribution in [3.8, 4) is 16.7 Å². The minimum absolute atomic E-state index is 0.177. The van der Waals surface area contributed by atoms with Crippen LogP contribution in [-0.2, 0) is 4.79 Å². The van der Waals surface area contributed by atoms with E-state index in [0.29, 0.717) is 39.9 Å². The van der Waals surface area contributed by atoms with Crippen molar-refractivity contribution in [2.75, 3.05) is 26.2 Å². The normalized spacial score (nSPS) is 20.8. The number of hydrogen-bond donors (Lipinski definition) is 0. The Morgan fingerprint density at radius 3 is 2.67 bits per heavy atom. The van der Waals surface area contributed by atoms with Crippen LogP contribution in [0.4, 0.5) is 4.39 Å². The highest BCUT2D eigenvalue weighted by atomic mass is 32.1. The van der Waals surface area contributed by atoms with Crippen LogP contribution in [0.1, 0.15) is 13.3 Å². The summed E-state index contributed by atoms with van der Waals surface area (Å²) in [7, 11) is 0. The Balaban J connectivity index is 1.12. The molecule has 30 heavy (non-hydrogen) atoms. The van der Waals surface area contributed by atoms with Crippen LogP contribution in [0.5, 0.6) is 16.7 Å². The molecule has 2 aromatic carbocycles. The Morgan fingerprint density at radius 2 is 1.97 bits per heavy atom. The molecule has 1 amide bonds. The van der Waals surface area contributed by atoms with Gasteiger partial charge in [-0.1, -0.05) is 17.4 Å². The molecule has 6 nitrogen and oxygen atoms in total. The first-order valence-corrected chi connectivity index (χ1v) is 10.9. The van der Waals surface area contributed by atoms with Gasteiger partial charge in [0, 0.05) is 38.6 Å². The van der Waals surface area contributed by atoms with Crippen molar-refractivity contribution in [3.63, 3.8) is 0 Å². The van der Waals surface area contributed by atoms with Crippen molar-refractivity contribution >= 4 is 27.5 Å². The highest BCUT2D eigenvalue weighted by Gasteiger charge is 2.43. The lowest BCUT2D eigenvalue weighted by Crippen LogP contribution is -2.48. The molecule has 2 bridgehead atoms. The van der Waals surface area contributed by atoms with E-state index in [4.69, 9.17) is 9.47 Å². The zero-order valence-corrected chi connectivity index (χ0v) is 17.4. The number of nitrogens with zero attached hydrogens (tertiary/aromatic N) is 3. The van der Waals surface area contributed by atoms with E-state index in [1.54, 1.807) is 19.1 Å². The van der Waals surface area contributed by atoms with Crippen LogP contribution < -0.4 is 9.47 Å². The van der Waals surface area contributed by atoms with Crippen molar-refractivity contribution in [1.29, 1.82) is 0 Å². The second-order valence-electron chi connectivity index (χ2n) is 7.70. The molecule has 3 aromatic rings. The van der Waals surface area contributed by atoms with Crippen molar-refractivity contribution < 1.29 is 18.7 Å². The maximum absolute atomic E-state index is 13.8. The van der Waals surface area contributed by atoms with Gasteiger partial charge >= 0.3 is 0 Å². The molecule has 2 aliphatic heterocycles. The Hall–Kier alpha value is -2.71. The molecule has 156 valence electrons. The molecule has 2 aliphatic rings. The average Bonchev–Trinajstić information content (AvgIpc) is 3.43.